The molecule has 0 saturated heterocycles. The number of methoxy groups -OCH3 is 1. The number of aromatic nitrogens is 6. The number of hydrogen-bond acceptors (Lipinski definition) is 5. The van der Waals surface area contributed by atoms with Crippen LogP contribution in [0.3, 0.4) is 0 Å². The van der Waals surface area contributed by atoms with Crippen molar-refractivity contribution >= 4 is 23.4 Å². The number of allylic oxidation sites excluding steroid dienone is 1. The molecule has 0 amide bonds. The van der Waals surface area contributed by atoms with Crippen LogP contribution < -0.4 is 10.1 Å². The maximum absolute atomic E-state index is 5.73. The van der Waals surface area contributed by atoms with E-state index in [-0.39, 0.29) is 0 Å². The third-order valence-electron chi connectivity index (χ3n) is 7.11. The Morgan fingerprint density at radius 3 is 2.46 bits per heavy atom. The van der Waals surface area contributed by atoms with Gasteiger partial charge in [-0.1, -0.05) is 37.0 Å². The fourth-order valence-electron chi connectivity index (χ4n) is 5.37. The predicted octanol–water partition coefficient (Wildman–Crippen LogP) is 6.78. The lowest BCUT2D eigenvalue weighted by molar-refractivity contribution is 0.358. The number of ether oxygens (including phenoxy) is 1. The van der Waals surface area contributed by atoms with Crippen molar-refractivity contribution in [1.82, 2.24) is 29.3 Å². The molecule has 1 fully saturated rings. The van der Waals surface area contributed by atoms with Gasteiger partial charge in [0, 0.05) is 43.0 Å². The van der Waals surface area contributed by atoms with Crippen LogP contribution in [-0.2, 0) is 14.1 Å². The predicted molar refractivity (Wildman–Crippen MR) is 157 cm³/mol. The van der Waals surface area contributed by atoms with E-state index in [9.17, 15) is 0 Å². The standard InChI is InChI=1S/C30H38N8O/c1-20(2)14-23-15-28(24-17-31-36(4)19-24)38(25-10-8-7-9-11-25)30(23)34-21(3)33-26-13-12-22(16-29(26)39-6)27-18-32-37(5)35-27/h12-19,25H,7-11H2,1-6H3,(H,33,34). The Morgan fingerprint density at radius 2 is 1.82 bits per heavy atom. The summed E-state index contributed by atoms with van der Waals surface area (Å²) >= 11 is 0. The molecule has 5 rings (SSSR count). The molecular weight excluding hydrogens is 488 g/mol. The summed E-state index contributed by atoms with van der Waals surface area (Å²) in [4.78, 5) is 6.76. The minimum absolute atomic E-state index is 0.403. The van der Waals surface area contributed by atoms with Gasteiger partial charge in [-0.25, -0.2) is 4.99 Å². The van der Waals surface area contributed by atoms with Gasteiger partial charge in [-0.15, -0.1) is 0 Å². The first-order valence-electron chi connectivity index (χ1n) is 13.6. The van der Waals surface area contributed by atoms with Crippen molar-refractivity contribution in [2.75, 3.05) is 12.4 Å². The van der Waals surface area contributed by atoms with E-state index in [1.54, 1.807) is 18.1 Å². The highest BCUT2D eigenvalue weighted by atomic mass is 16.5. The molecule has 39 heavy (non-hydrogen) atoms. The summed E-state index contributed by atoms with van der Waals surface area (Å²) in [6.07, 6.45) is 14.1. The Kier molecular flexibility index (Phi) is 7.67. The second-order valence-electron chi connectivity index (χ2n) is 10.6. The highest BCUT2D eigenvalue weighted by molar-refractivity contribution is 5.97. The average Bonchev–Trinajstić information content (AvgIpc) is 3.63. The van der Waals surface area contributed by atoms with Crippen molar-refractivity contribution in [3.63, 3.8) is 0 Å². The number of nitrogens with zero attached hydrogens (tertiary/aromatic N) is 7. The van der Waals surface area contributed by atoms with Crippen molar-refractivity contribution in [3.8, 4) is 28.3 Å². The molecule has 3 aromatic heterocycles. The van der Waals surface area contributed by atoms with Gasteiger partial charge in [-0.3, -0.25) is 4.68 Å². The van der Waals surface area contributed by atoms with Gasteiger partial charge in [0.15, 0.2) is 0 Å². The van der Waals surface area contributed by atoms with Gasteiger partial charge in [0.25, 0.3) is 0 Å². The molecule has 1 N–H and O–H groups in total. The first-order chi connectivity index (χ1) is 18.8. The largest absolute Gasteiger partial charge is 0.495 e. The van der Waals surface area contributed by atoms with E-state index in [1.165, 1.54) is 30.5 Å². The molecule has 0 spiro atoms. The van der Waals surface area contributed by atoms with Crippen molar-refractivity contribution in [2.45, 2.75) is 58.9 Å². The average molecular weight is 527 g/mol. The lowest BCUT2D eigenvalue weighted by atomic mass is 9.95. The quantitative estimate of drug-likeness (QED) is 0.212. The van der Waals surface area contributed by atoms with Crippen LogP contribution in [0.2, 0.25) is 0 Å². The molecule has 0 unspecified atom stereocenters. The maximum atomic E-state index is 5.73. The van der Waals surface area contributed by atoms with Crippen LogP contribution in [0.25, 0.3) is 28.6 Å². The number of rotatable bonds is 7. The Hall–Kier alpha value is -4.14. The van der Waals surface area contributed by atoms with E-state index in [0.29, 0.717) is 6.04 Å². The smallest absolute Gasteiger partial charge is 0.143 e. The first-order valence-corrected chi connectivity index (χ1v) is 13.6. The number of nitrogens with one attached hydrogen (secondary N) is 1. The molecule has 0 bridgehead atoms. The fourth-order valence-corrected chi connectivity index (χ4v) is 5.37. The summed E-state index contributed by atoms with van der Waals surface area (Å²) in [5.41, 5.74) is 7.21. The van der Waals surface area contributed by atoms with Gasteiger partial charge < -0.3 is 14.6 Å². The highest BCUT2D eigenvalue weighted by Crippen LogP contribution is 2.41. The molecule has 9 heteroatoms. The minimum atomic E-state index is 0.403. The summed E-state index contributed by atoms with van der Waals surface area (Å²) in [5, 5.41) is 16.5. The van der Waals surface area contributed by atoms with Gasteiger partial charge in [0.2, 0.25) is 0 Å². The lowest BCUT2D eigenvalue weighted by Crippen LogP contribution is -2.15. The number of aliphatic imine (C=N–C) groups is 1. The lowest BCUT2D eigenvalue weighted by Gasteiger charge is -2.27. The zero-order valence-corrected chi connectivity index (χ0v) is 23.8. The summed E-state index contributed by atoms with van der Waals surface area (Å²) < 4.78 is 10.0. The van der Waals surface area contributed by atoms with Crippen LogP contribution in [0.15, 0.2) is 53.4 Å². The van der Waals surface area contributed by atoms with Crippen molar-refractivity contribution in [1.29, 1.82) is 0 Å². The van der Waals surface area contributed by atoms with Crippen LogP contribution >= 0.6 is 0 Å². The van der Waals surface area contributed by atoms with Crippen LogP contribution in [0, 0.1) is 0 Å². The molecule has 1 saturated carbocycles. The number of amidine groups is 1. The van der Waals surface area contributed by atoms with Gasteiger partial charge in [0.1, 0.15) is 23.1 Å². The molecule has 0 atom stereocenters. The molecular formula is C30H38N8O. The van der Waals surface area contributed by atoms with E-state index in [0.717, 1.165) is 58.3 Å². The van der Waals surface area contributed by atoms with Gasteiger partial charge in [0.05, 0.1) is 30.9 Å². The van der Waals surface area contributed by atoms with Gasteiger partial charge >= 0.3 is 0 Å². The summed E-state index contributed by atoms with van der Waals surface area (Å²) in [7, 11) is 5.45. The third-order valence-corrected chi connectivity index (χ3v) is 7.11. The molecule has 3 heterocycles. The third kappa shape index (κ3) is 5.82. The molecule has 204 valence electrons. The van der Waals surface area contributed by atoms with E-state index in [2.05, 4.69) is 57.4 Å². The number of benzene rings is 1. The Labute approximate surface area is 230 Å². The normalized spacial score (nSPS) is 14.5. The number of anilines is 1. The van der Waals surface area contributed by atoms with E-state index < -0.39 is 0 Å². The molecule has 1 aromatic carbocycles. The summed E-state index contributed by atoms with van der Waals surface area (Å²) in [6, 6.07) is 8.66. The molecule has 4 aromatic rings. The second kappa shape index (κ2) is 11.3. The van der Waals surface area contributed by atoms with Crippen LogP contribution in [0.5, 0.6) is 5.75 Å². The van der Waals surface area contributed by atoms with Crippen LogP contribution in [0.1, 0.15) is 64.5 Å². The molecule has 1 aliphatic carbocycles. The fraction of sp³-hybridized carbons (Fsp3) is 0.400. The zero-order valence-electron chi connectivity index (χ0n) is 23.8. The summed E-state index contributed by atoms with van der Waals surface area (Å²) in [6.45, 7) is 6.26. The van der Waals surface area contributed by atoms with Gasteiger partial charge in [-0.05, 0) is 51.8 Å². The molecule has 1 aliphatic rings. The maximum Gasteiger partial charge on any atom is 0.143 e. The van der Waals surface area contributed by atoms with Gasteiger partial charge in [-0.2, -0.15) is 20.1 Å². The second-order valence-corrected chi connectivity index (χ2v) is 10.6. The Morgan fingerprint density at radius 1 is 1.03 bits per heavy atom. The first kappa shape index (κ1) is 26.5. The topological polar surface area (TPSA) is 87.1 Å². The molecule has 0 radical (unpaired) electrons. The van der Waals surface area contributed by atoms with Crippen molar-refractivity contribution in [2.24, 2.45) is 19.1 Å². The van der Waals surface area contributed by atoms with E-state index in [4.69, 9.17) is 9.73 Å². The SMILES string of the molecule is COc1cc(-c2cnn(C)n2)ccc1N/C(C)=N/c1c(C=C(C)C)cc(-c2cnn(C)c2)n1C1CCCCC1. The zero-order chi connectivity index (χ0) is 27.5. The van der Waals surface area contributed by atoms with E-state index in [1.807, 2.05) is 50.1 Å². The Bertz CT molecular complexity index is 1510. The monoisotopic (exact) mass is 526 g/mol. The molecule has 9 nitrogen and oxygen atoms in total. The summed E-state index contributed by atoms with van der Waals surface area (Å²) in [5.74, 6) is 2.48. The number of aryl methyl sites for hydroxylation is 2. The van der Waals surface area contributed by atoms with E-state index >= 15 is 0 Å². The van der Waals surface area contributed by atoms with Crippen molar-refractivity contribution < 1.29 is 4.74 Å². The molecule has 0 aliphatic heterocycles. The highest BCUT2D eigenvalue weighted by Gasteiger charge is 2.24. The Balaban J connectivity index is 1.56. The number of hydrogen-bond donors (Lipinski definition) is 1. The minimum Gasteiger partial charge on any atom is -0.495 e. The van der Waals surface area contributed by atoms with Crippen molar-refractivity contribution in [3.05, 3.63) is 54.0 Å². The van der Waals surface area contributed by atoms with Crippen LogP contribution in [-0.4, -0.2) is 42.3 Å². The van der Waals surface area contributed by atoms with Crippen LogP contribution in [0.4, 0.5) is 11.5 Å².